The predicted molar refractivity (Wildman–Crippen MR) is 136 cm³/mol. The van der Waals surface area contributed by atoms with Crippen LogP contribution in [0.3, 0.4) is 0 Å². The Morgan fingerprint density at radius 2 is 2.06 bits per heavy atom. The molecule has 0 radical (unpaired) electrons. The number of hydrogen-bond donors (Lipinski definition) is 3. The number of thioether (sulfide) groups is 1. The van der Waals surface area contributed by atoms with Gasteiger partial charge in [-0.05, 0) is 80.0 Å². The van der Waals surface area contributed by atoms with Gasteiger partial charge in [-0.1, -0.05) is 0 Å². The number of nitrogens with one attached hydrogen (secondary N) is 2. The summed E-state index contributed by atoms with van der Waals surface area (Å²) in [5.41, 5.74) is 9.88. The summed E-state index contributed by atoms with van der Waals surface area (Å²) >= 11 is 1.54. The van der Waals surface area contributed by atoms with Crippen molar-refractivity contribution >= 4 is 34.4 Å². The summed E-state index contributed by atoms with van der Waals surface area (Å²) in [6.45, 7) is 0.708. The Bertz CT molecular complexity index is 1180. The van der Waals surface area contributed by atoms with Crippen LogP contribution >= 0.6 is 11.8 Å². The van der Waals surface area contributed by atoms with Gasteiger partial charge in [0.05, 0.1) is 29.0 Å². The van der Waals surface area contributed by atoms with E-state index in [4.69, 9.17) is 10.5 Å². The van der Waals surface area contributed by atoms with Gasteiger partial charge in [0.2, 0.25) is 5.91 Å². The minimum absolute atomic E-state index is 0.0173. The number of benzene rings is 1. The summed E-state index contributed by atoms with van der Waals surface area (Å²) < 4.78 is 5.41. The second kappa shape index (κ2) is 10.3. The number of rotatable bonds is 7. The third kappa shape index (κ3) is 5.19. The first-order valence-electron chi connectivity index (χ1n) is 11.9. The highest BCUT2D eigenvalue weighted by molar-refractivity contribution is 8.00. The third-order valence-corrected chi connectivity index (χ3v) is 8.02. The number of nitrogens with two attached hydrogens (primary N) is 1. The summed E-state index contributed by atoms with van der Waals surface area (Å²) in [7, 11) is 1.69. The van der Waals surface area contributed by atoms with Crippen molar-refractivity contribution in [1.82, 2.24) is 15.3 Å². The van der Waals surface area contributed by atoms with Crippen LogP contribution in [-0.4, -0.2) is 40.8 Å². The summed E-state index contributed by atoms with van der Waals surface area (Å²) in [5, 5.41) is 7.65. The molecule has 2 aliphatic rings. The molecule has 1 fully saturated rings. The molecule has 2 aromatic heterocycles. The highest BCUT2D eigenvalue weighted by Gasteiger charge is 2.26. The summed E-state index contributed by atoms with van der Waals surface area (Å²) in [4.78, 5) is 21.8. The zero-order valence-electron chi connectivity index (χ0n) is 19.4. The number of ether oxygens (including phenoxy) is 1. The lowest BCUT2D eigenvalue weighted by Gasteiger charge is -2.33. The SMILES string of the molecule is COc1ccc2nccc(C[C@H](N)C3CCC(NCc4ccc5c(n4)NC(=O)CS5)CC3)c2c1. The van der Waals surface area contributed by atoms with Crippen LogP contribution in [0.5, 0.6) is 5.75 Å². The number of fused-ring (bicyclic) bond motifs is 2. The molecule has 1 aliphatic heterocycles. The van der Waals surface area contributed by atoms with Crippen LogP contribution in [0.2, 0.25) is 0 Å². The van der Waals surface area contributed by atoms with E-state index in [-0.39, 0.29) is 11.9 Å². The molecule has 0 spiro atoms. The normalized spacial score (nSPS) is 21.1. The Morgan fingerprint density at radius 1 is 1.21 bits per heavy atom. The Morgan fingerprint density at radius 3 is 2.88 bits per heavy atom. The zero-order chi connectivity index (χ0) is 23.5. The fourth-order valence-corrected chi connectivity index (χ4v) is 5.77. The van der Waals surface area contributed by atoms with E-state index in [1.807, 2.05) is 24.4 Å². The highest BCUT2D eigenvalue weighted by atomic mass is 32.2. The van der Waals surface area contributed by atoms with Crippen molar-refractivity contribution in [3.05, 3.63) is 53.9 Å². The maximum Gasteiger partial charge on any atom is 0.235 e. The topological polar surface area (TPSA) is 102 Å². The molecule has 0 saturated heterocycles. The molecule has 8 heteroatoms. The van der Waals surface area contributed by atoms with E-state index in [2.05, 4.69) is 38.8 Å². The maximum absolute atomic E-state index is 11.6. The van der Waals surface area contributed by atoms with Gasteiger partial charge >= 0.3 is 0 Å². The first-order chi connectivity index (χ1) is 16.6. The molecular weight excluding hydrogens is 446 g/mol. The number of methoxy groups -OCH3 is 1. The second-order valence-corrected chi connectivity index (χ2v) is 10.2. The van der Waals surface area contributed by atoms with Gasteiger partial charge in [-0.2, -0.15) is 0 Å². The Kier molecular flexibility index (Phi) is 6.99. The fraction of sp³-hybridized carbons (Fsp3) is 0.423. The van der Waals surface area contributed by atoms with Crippen LogP contribution in [0.4, 0.5) is 5.82 Å². The van der Waals surface area contributed by atoms with E-state index in [0.29, 0.717) is 30.1 Å². The Balaban J connectivity index is 1.14. The van der Waals surface area contributed by atoms with Gasteiger partial charge in [0.15, 0.2) is 0 Å². The molecule has 1 aromatic carbocycles. The molecule has 0 bridgehead atoms. The van der Waals surface area contributed by atoms with E-state index in [0.717, 1.165) is 59.3 Å². The number of carbonyl (C=O) groups is 1. The van der Waals surface area contributed by atoms with Gasteiger partial charge in [-0.25, -0.2) is 4.98 Å². The molecule has 5 rings (SSSR count). The smallest absolute Gasteiger partial charge is 0.235 e. The van der Waals surface area contributed by atoms with E-state index in [9.17, 15) is 4.79 Å². The molecule has 1 amide bonds. The summed E-state index contributed by atoms with van der Waals surface area (Å²) in [6.07, 6.45) is 7.18. The first-order valence-corrected chi connectivity index (χ1v) is 12.9. The number of nitrogens with zero attached hydrogens (tertiary/aromatic N) is 2. The summed E-state index contributed by atoms with van der Waals surface area (Å²) in [6, 6.07) is 12.8. The van der Waals surface area contributed by atoms with Crippen molar-refractivity contribution in [2.45, 2.75) is 55.6 Å². The molecule has 3 heterocycles. The van der Waals surface area contributed by atoms with Gasteiger partial charge in [0.25, 0.3) is 0 Å². The quantitative estimate of drug-likeness (QED) is 0.474. The van der Waals surface area contributed by atoms with E-state index in [1.54, 1.807) is 18.9 Å². The predicted octanol–water partition coefficient (Wildman–Crippen LogP) is 3.90. The largest absolute Gasteiger partial charge is 0.497 e. The number of carbonyl (C=O) groups excluding carboxylic acids is 1. The number of pyridine rings is 2. The van der Waals surface area contributed by atoms with E-state index in [1.165, 1.54) is 5.56 Å². The number of aromatic nitrogens is 2. The number of amides is 1. The van der Waals surface area contributed by atoms with Crippen molar-refractivity contribution in [3.8, 4) is 5.75 Å². The molecule has 7 nitrogen and oxygen atoms in total. The monoisotopic (exact) mass is 477 g/mol. The van der Waals surface area contributed by atoms with Crippen molar-refractivity contribution in [2.75, 3.05) is 18.2 Å². The number of hydrogen-bond acceptors (Lipinski definition) is 7. The molecule has 1 atom stereocenters. The maximum atomic E-state index is 11.6. The van der Waals surface area contributed by atoms with Crippen LogP contribution in [-0.2, 0) is 17.8 Å². The van der Waals surface area contributed by atoms with Gasteiger partial charge < -0.3 is 21.1 Å². The van der Waals surface area contributed by atoms with Crippen molar-refractivity contribution < 1.29 is 9.53 Å². The van der Waals surface area contributed by atoms with Crippen molar-refractivity contribution in [2.24, 2.45) is 11.7 Å². The molecule has 34 heavy (non-hydrogen) atoms. The van der Waals surface area contributed by atoms with Gasteiger partial charge in [-0.3, -0.25) is 9.78 Å². The molecule has 3 aromatic rings. The molecule has 4 N–H and O–H groups in total. The lowest BCUT2D eigenvalue weighted by molar-refractivity contribution is -0.113. The molecule has 178 valence electrons. The van der Waals surface area contributed by atoms with E-state index < -0.39 is 0 Å². The van der Waals surface area contributed by atoms with Crippen LogP contribution < -0.4 is 21.1 Å². The van der Waals surface area contributed by atoms with Crippen LogP contribution in [0.1, 0.15) is 36.9 Å². The van der Waals surface area contributed by atoms with Crippen molar-refractivity contribution in [1.29, 1.82) is 0 Å². The lowest BCUT2D eigenvalue weighted by Crippen LogP contribution is -2.39. The first kappa shape index (κ1) is 23.1. The van der Waals surface area contributed by atoms with Crippen LogP contribution in [0, 0.1) is 5.92 Å². The fourth-order valence-electron chi connectivity index (χ4n) is 5.01. The third-order valence-electron chi connectivity index (χ3n) is 6.98. The summed E-state index contributed by atoms with van der Waals surface area (Å²) in [5.74, 6) is 2.53. The minimum Gasteiger partial charge on any atom is -0.497 e. The van der Waals surface area contributed by atoms with Gasteiger partial charge in [0, 0.05) is 30.2 Å². The highest BCUT2D eigenvalue weighted by Crippen LogP contribution is 2.31. The van der Waals surface area contributed by atoms with Crippen LogP contribution in [0.25, 0.3) is 10.9 Å². The molecule has 0 unspecified atom stereocenters. The zero-order valence-corrected chi connectivity index (χ0v) is 20.2. The van der Waals surface area contributed by atoms with Gasteiger partial charge in [-0.15, -0.1) is 11.8 Å². The molecule has 1 aliphatic carbocycles. The van der Waals surface area contributed by atoms with E-state index >= 15 is 0 Å². The molecule has 1 saturated carbocycles. The van der Waals surface area contributed by atoms with Crippen LogP contribution in [0.15, 0.2) is 47.5 Å². The van der Waals surface area contributed by atoms with Crippen molar-refractivity contribution in [3.63, 3.8) is 0 Å². The Hall–Kier alpha value is -2.68. The lowest BCUT2D eigenvalue weighted by atomic mass is 9.79. The average molecular weight is 478 g/mol. The second-order valence-electron chi connectivity index (χ2n) is 9.20. The van der Waals surface area contributed by atoms with Gasteiger partial charge in [0.1, 0.15) is 11.6 Å². The minimum atomic E-state index is 0.0173. The average Bonchev–Trinajstić information content (AvgIpc) is 2.87. The Labute approximate surface area is 204 Å². The molecular formula is C26H31N5O2S. The number of anilines is 1. The standard InChI is InChI=1S/C26H31N5O2S/c1-33-20-7-8-23-21(13-20)17(10-11-28-23)12-22(27)16-2-4-18(5-3-16)29-14-19-6-9-24-26(30-19)31-25(32)15-34-24/h6-11,13,16,18,22,29H,2-5,12,14-15,27H2,1H3,(H,30,31,32)/t16?,18?,22-/m0/s1.